The van der Waals surface area contributed by atoms with Crippen LogP contribution in [0.1, 0.15) is 90.2 Å². The highest BCUT2D eigenvalue weighted by Gasteiger charge is 2.54. The Balaban J connectivity index is 0.000000176. The summed E-state index contributed by atoms with van der Waals surface area (Å²) in [4.78, 5) is 34.2. The monoisotopic (exact) mass is 704 g/mol. The van der Waals surface area contributed by atoms with Crippen molar-refractivity contribution in [1.29, 1.82) is 0 Å². The van der Waals surface area contributed by atoms with Gasteiger partial charge < -0.3 is 29.1 Å². The van der Waals surface area contributed by atoms with Gasteiger partial charge in [-0.25, -0.2) is 4.39 Å². The first-order valence-electron chi connectivity index (χ1n) is 19.6. The number of carbonyl (C=O) groups is 2. The van der Waals surface area contributed by atoms with Gasteiger partial charge in [0, 0.05) is 58.9 Å². The van der Waals surface area contributed by atoms with E-state index < -0.39 is 11.2 Å². The molecular formula is C42H61FN4O4. The van der Waals surface area contributed by atoms with Crippen molar-refractivity contribution < 1.29 is 23.5 Å². The third kappa shape index (κ3) is 8.69. The van der Waals surface area contributed by atoms with Gasteiger partial charge in [-0.2, -0.15) is 0 Å². The van der Waals surface area contributed by atoms with E-state index in [9.17, 15) is 14.0 Å². The first-order chi connectivity index (χ1) is 24.4. The molecule has 1 aliphatic carbocycles. The molecule has 280 valence electrons. The van der Waals surface area contributed by atoms with E-state index in [0.29, 0.717) is 6.04 Å². The lowest BCUT2D eigenvalue weighted by Crippen LogP contribution is -2.66. The predicted octanol–water partition coefficient (Wildman–Crippen LogP) is 6.11. The second kappa shape index (κ2) is 15.6. The third-order valence-corrected chi connectivity index (χ3v) is 12.3. The Morgan fingerprint density at radius 3 is 1.84 bits per heavy atom. The van der Waals surface area contributed by atoms with Crippen LogP contribution in [0, 0.1) is 5.82 Å². The van der Waals surface area contributed by atoms with E-state index in [2.05, 4.69) is 58.9 Å². The maximum Gasteiger partial charge on any atom is 0.254 e. The van der Waals surface area contributed by atoms with Crippen molar-refractivity contribution in [2.45, 2.75) is 120 Å². The van der Waals surface area contributed by atoms with Crippen LogP contribution in [0.3, 0.4) is 0 Å². The Morgan fingerprint density at radius 2 is 1.27 bits per heavy atom. The lowest BCUT2D eigenvalue weighted by molar-refractivity contribution is -0.224. The Morgan fingerprint density at radius 1 is 0.725 bits per heavy atom. The highest BCUT2D eigenvalue weighted by Crippen LogP contribution is 2.42. The Bertz CT molecular complexity index is 1480. The Kier molecular flexibility index (Phi) is 11.6. The molecule has 4 aliphatic heterocycles. The zero-order chi connectivity index (χ0) is 36.3. The third-order valence-electron chi connectivity index (χ3n) is 12.3. The second-order valence-corrected chi connectivity index (χ2v) is 16.4. The van der Waals surface area contributed by atoms with Crippen LogP contribution in [-0.2, 0) is 31.9 Å². The molecule has 51 heavy (non-hydrogen) atoms. The predicted molar refractivity (Wildman–Crippen MR) is 199 cm³/mol. The molecule has 4 saturated heterocycles. The molecular weight excluding hydrogens is 643 g/mol. The van der Waals surface area contributed by atoms with Crippen LogP contribution in [-0.4, -0.2) is 119 Å². The summed E-state index contributed by atoms with van der Waals surface area (Å²) >= 11 is 0. The highest BCUT2D eigenvalue weighted by atomic mass is 19.1. The maximum atomic E-state index is 13.8. The zero-order valence-corrected chi connectivity index (χ0v) is 31.8. The molecule has 2 spiro atoms. The summed E-state index contributed by atoms with van der Waals surface area (Å²) in [7, 11) is 1.94. The van der Waals surface area contributed by atoms with Crippen molar-refractivity contribution in [3.05, 3.63) is 71.5 Å². The standard InChI is InChI=1S/C21H29FN2O2.C21H32N2O2/c1-20(2)19(25)24(17-7-8-17)15-21(26-20)10-13-23(14-11-21)12-9-16-5-3-4-6-18(16)22;1-4-21(5-2)19(24)22(3)17-20(25-21)12-15-23(16-13-20)14-11-18-9-7-6-8-10-18/h3-6,17H,7-15H2,1-2H3;6-10H,4-5,11-17H2,1-3H3. The fraction of sp³-hybridized carbons (Fsp3) is 0.667. The largest absolute Gasteiger partial charge is 0.357 e. The lowest BCUT2D eigenvalue weighted by Gasteiger charge is -2.53. The van der Waals surface area contributed by atoms with Gasteiger partial charge in [0.2, 0.25) is 0 Å². The summed E-state index contributed by atoms with van der Waals surface area (Å²) in [5.74, 6) is 0.194. The average Bonchev–Trinajstić information content (AvgIpc) is 3.98. The number of morpholine rings is 2. The van der Waals surface area contributed by atoms with Crippen molar-refractivity contribution in [1.82, 2.24) is 19.6 Å². The van der Waals surface area contributed by atoms with E-state index in [1.807, 2.05) is 37.9 Å². The number of rotatable bonds is 9. The average molecular weight is 705 g/mol. The minimum atomic E-state index is -0.726. The van der Waals surface area contributed by atoms with Crippen LogP contribution >= 0.6 is 0 Å². The molecule has 2 aromatic rings. The molecule has 0 unspecified atom stereocenters. The van der Waals surface area contributed by atoms with Gasteiger partial charge in [-0.15, -0.1) is 0 Å². The van der Waals surface area contributed by atoms with Crippen LogP contribution < -0.4 is 0 Å². The van der Waals surface area contributed by atoms with Crippen LogP contribution in [0.4, 0.5) is 4.39 Å². The van der Waals surface area contributed by atoms with Crippen molar-refractivity contribution >= 4 is 11.8 Å². The number of halogens is 1. The number of amides is 2. The lowest BCUT2D eigenvalue weighted by atomic mass is 9.83. The molecule has 0 radical (unpaired) electrons. The number of carbonyl (C=O) groups excluding carboxylic acids is 2. The van der Waals surface area contributed by atoms with E-state index in [1.165, 1.54) is 11.6 Å². The van der Waals surface area contributed by atoms with Gasteiger partial charge in [0.15, 0.2) is 0 Å². The topological polar surface area (TPSA) is 65.6 Å². The second-order valence-electron chi connectivity index (χ2n) is 16.4. The quantitative estimate of drug-likeness (QED) is 0.314. The van der Waals surface area contributed by atoms with Gasteiger partial charge in [0.1, 0.15) is 17.0 Å². The van der Waals surface area contributed by atoms with Crippen LogP contribution in [0.25, 0.3) is 0 Å². The normalized spacial score (nSPS) is 24.4. The van der Waals surface area contributed by atoms with E-state index in [-0.39, 0.29) is 28.8 Å². The molecule has 0 N–H and O–H groups in total. The molecule has 7 rings (SSSR count). The number of ether oxygens (including phenoxy) is 2. The first kappa shape index (κ1) is 37.9. The summed E-state index contributed by atoms with van der Waals surface area (Å²) in [6.45, 7) is 15.4. The minimum absolute atomic E-state index is 0.114. The van der Waals surface area contributed by atoms with Crippen molar-refractivity contribution in [2.24, 2.45) is 0 Å². The summed E-state index contributed by atoms with van der Waals surface area (Å²) in [5, 5.41) is 0. The van der Waals surface area contributed by atoms with Crippen molar-refractivity contribution in [3.63, 3.8) is 0 Å². The number of likely N-dealkylation sites (tertiary alicyclic amines) is 2. The van der Waals surface area contributed by atoms with E-state index in [4.69, 9.17) is 9.47 Å². The van der Waals surface area contributed by atoms with Gasteiger partial charge in [-0.1, -0.05) is 62.4 Å². The van der Waals surface area contributed by atoms with E-state index in [0.717, 1.165) is 122 Å². The number of piperidine rings is 2. The molecule has 0 bridgehead atoms. The van der Waals surface area contributed by atoms with Crippen molar-refractivity contribution in [3.8, 4) is 0 Å². The van der Waals surface area contributed by atoms with Crippen molar-refractivity contribution in [2.75, 3.05) is 59.4 Å². The fourth-order valence-corrected chi connectivity index (χ4v) is 8.87. The fourth-order valence-electron chi connectivity index (χ4n) is 8.87. The van der Waals surface area contributed by atoms with Gasteiger partial charge in [-0.05, 0) is 95.2 Å². The van der Waals surface area contributed by atoms with E-state index in [1.54, 1.807) is 6.07 Å². The number of benzene rings is 2. The molecule has 0 atom stereocenters. The molecule has 9 heteroatoms. The zero-order valence-electron chi connectivity index (χ0n) is 31.8. The number of likely N-dealkylation sites (N-methyl/N-ethyl adjacent to an activating group) is 1. The Labute approximate surface area is 305 Å². The highest BCUT2D eigenvalue weighted by molar-refractivity contribution is 5.86. The van der Waals surface area contributed by atoms with Crippen LogP contribution in [0.5, 0.6) is 0 Å². The SMILES string of the molecule is CC1(C)OC2(CCN(CCc3ccccc3F)CC2)CN(C2CC2)C1=O.CCC1(CC)OC2(CCN(CCc3ccccc3)CC2)CN(C)C1=O. The number of hydrogen-bond donors (Lipinski definition) is 0. The van der Waals surface area contributed by atoms with Crippen LogP contribution in [0.2, 0.25) is 0 Å². The summed E-state index contributed by atoms with van der Waals surface area (Å²) in [6.07, 6.45) is 9.51. The molecule has 8 nitrogen and oxygen atoms in total. The molecule has 1 saturated carbocycles. The van der Waals surface area contributed by atoms with E-state index >= 15 is 0 Å². The molecule has 0 aromatic heterocycles. The molecule has 4 heterocycles. The summed E-state index contributed by atoms with van der Waals surface area (Å²) < 4.78 is 26.8. The number of nitrogens with zero attached hydrogens (tertiary/aromatic N) is 4. The maximum absolute atomic E-state index is 13.8. The van der Waals surface area contributed by atoms with Gasteiger partial charge in [0.25, 0.3) is 11.8 Å². The summed E-state index contributed by atoms with van der Waals surface area (Å²) in [6, 6.07) is 18.1. The summed E-state index contributed by atoms with van der Waals surface area (Å²) in [5.41, 5.74) is 0.480. The smallest absolute Gasteiger partial charge is 0.254 e. The molecule has 2 amide bonds. The molecule has 2 aromatic carbocycles. The number of hydrogen-bond acceptors (Lipinski definition) is 6. The Hall–Kier alpha value is -2.85. The van der Waals surface area contributed by atoms with Gasteiger partial charge >= 0.3 is 0 Å². The van der Waals surface area contributed by atoms with Gasteiger partial charge in [-0.3, -0.25) is 9.59 Å². The molecule has 5 fully saturated rings. The molecule has 5 aliphatic rings. The first-order valence-corrected chi connectivity index (χ1v) is 19.6. The minimum Gasteiger partial charge on any atom is -0.357 e. The van der Waals surface area contributed by atoms with Crippen LogP contribution in [0.15, 0.2) is 54.6 Å². The van der Waals surface area contributed by atoms with Gasteiger partial charge in [0.05, 0.1) is 17.7 Å².